The van der Waals surface area contributed by atoms with Gasteiger partial charge in [-0.1, -0.05) is 12.5 Å². The van der Waals surface area contributed by atoms with Gasteiger partial charge in [-0.15, -0.1) is 11.6 Å². The predicted octanol–water partition coefficient (Wildman–Crippen LogP) is 4.55. The van der Waals surface area contributed by atoms with E-state index in [9.17, 15) is 4.39 Å². The molecule has 2 aliphatic rings. The minimum Gasteiger partial charge on any atom is -0.497 e. The molecule has 0 aromatic heterocycles. The Labute approximate surface area is 112 Å². The molecule has 98 valence electrons. The Morgan fingerprint density at radius 3 is 2.72 bits per heavy atom. The average Bonchev–Trinajstić information content (AvgIpc) is 3.00. The Morgan fingerprint density at radius 2 is 2.17 bits per heavy atom. The van der Waals surface area contributed by atoms with Gasteiger partial charge in [0.05, 0.1) is 12.5 Å². The quantitative estimate of drug-likeness (QED) is 0.731. The monoisotopic (exact) mass is 268 g/mol. The van der Waals surface area contributed by atoms with Crippen LogP contribution in [-0.2, 0) is 0 Å². The van der Waals surface area contributed by atoms with Crippen molar-refractivity contribution in [2.24, 2.45) is 17.8 Å². The lowest BCUT2D eigenvalue weighted by Crippen LogP contribution is -2.16. The van der Waals surface area contributed by atoms with E-state index in [0.717, 1.165) is 5.92 Å². The number of halogens is 2. The van der Waals surface area contributed by atoms with Crippen LogP contribution in [0.25, 0.3) is 0 Å². The molecule has 0 N–H and O–H groups in total. The first-order valence-corrected chi connectivity index (χ1v) is 7.10. The summed E-state index contributed by atoms with van der Waals surface area (Å²) >= 11 is 6.53. The number of methoxy groups -OCH3 is 1. The molecule has 0 radical (unpaired) electrons. The molecule has 2 saturated carbocycles. The molecule has 2 fully saturated rings. The first-order valence-electron chi connectivity index (χ1n) is 6.66. The van der Waals surface area contributed by atoms with Crippen LogP contribution in [0.15, 0.2) is 18.2 Å². The summed E-state index contributed by atoms with van der Waals surface area (Å²) < 4.78 is 19.0. The number of hydrogen-bond donors (Lipinski definition) is 0. The lowest BCUT2D eigenvalue weighted by atomic mass is 9.84. The highest BCUT2D eigenvalue weighted by molar-refractivity contribution is 6.21. The van der Waals surface area contributed by atoms with Crippen molar-refractivity contribution >= 4 is 11.6 Å². The van der Waals surface area contributed by atoms with Gasteiger partial charge < -0.3 is 4.74 Å². The summed E-state index contributed by atoms with van der Waals surface area (Å²) in [7, 11) is 1.54. The van der Waals surface area contributed by atoms with Gasteiger partial charge in [0, 0.05) is 11.6 Å². The molecular formula is C15H18ClFO. The normalized spacial score (nSPS) is 31.6. The van der Waals surface area contributed by atoms with E-state index >= 15 is 0 Å². The van der Waals surface area contributed by atoms with Gasteiger partial charge in [0.15, 0.2) is 0 Å². The number of hydrogen-bond acceptors (Lipinski definition) is 1. The molecule has 0 amide bonds. The summed E-state index contributed by atoms with van der Waals surface area (Å²) in [6.45, 7) is 0. The van der Waals surface area contributed by atoms with Crippen molar-refractivity contribution in [3.8, 4) is 5.75 Å². The maximum atomic E-state index is 14.0. The summed E-state index contributed by atoms with van der Waals surface area (Å²) in [5.41, 5.74) is 0.634. The van der Waals surface area contributed by atoms with Crippen LogP contribution in [0, 0.1) is 23.6 Å². The molecule has 0 saturated heterocycles. The fourth-order valence-corrected chi connectivity index (χ4v) is 4.23. The molecule has 3 heteroatoms. The van der Waals surface area contributed by atoms with Gasteiger partial charge in [0.1, 0.15) is 11.6 Å². The molecule has 0 aliphatic heterocycles. The maximum absolute atomic E-state index is 14.0. The van der Waals surface area contributed by atoms with E-state index in [2.05, 4.69) is 0 Å². The Kier molecular flexibility index (Phi) is 3.23. The molecule has 1 nitrogen and oxygen atoms in total. The molecule has 2 aliphatic carbocycles. The van der Waals surface area contributed by atoms with Crippen molar-refractivity contribution in [1.29, 1.82) is 0 Å². The summed E-state index contributed by atoms with van der Waals surface area (Å²) in [5.74, 6) is 2.31. The van der Waals surface area contributed by atoms with Crippen molar-refractivity contribution < 1.29 is 9.13 Å². The molecule has 0 spiro atoms. The second kappa shape index (κ2) is 4.73. The zero-order valence-electron chi connectivity index (χ0n) is 10.5. The summed E-state index contributed by atoms with van der Waals surface area (Å²) in [6.07, 6.45) is 5.09. The van der Waals surface area contributed by atoms with E-state index in [-0.39, 0.29) is 11.2 Å². The van der Waals surface area contributed by atoms with Crippen molar-refractivity contribution in [1.82, 2.24) is 0 Å². The van der Waals surface area contributed by atoms with Crippen LogP contribution < -0.4 is 4.74 Å². The summed E-state index contributed by atoms with van der Waals surface area (Å²) in [6, 6.07) is 5.00. The topological polar surface area (TPSA) is 9.23 Å². The Balaban J connectivity index is 1.82. The predicted molar refractivity (Wildman–Crippen MR) is 70.5 cm³/mol. The average molecular weight is 269 g/mol. The molecule has 3 rings (SSSR count). The number of benzene rings is 1. The first-order chi connectivity index (χ1) is 8.69. The van der Waals surface area contributed by atoms with E-state index in [1.165, 1.54) is 31.7 Å². The van der Waals surface area contributed by atoms with E-state index in [1.807, 2.05) is 0 Å². The fourth-order valence-electron chi connectivity index (χ4n) is 3.74. The molecule has 2 bridgehead atoms. The zero-order chi connectivity index (χ0) is 12.7. The van der Waals surface area contributed by atoms with E-state index in [0.29, 0.717) is 23.1 Å². The standard InChI is InChI=1S/C15H18ClFO/c1-18-11-4-5-12(14(17)8-11)15(16)13-7-9-2-3-10(13)6-9/h4-5,8-10,13,15H,2-3,6-7H2,1H3. The molecule has 18 heavy (non-hydrogen) atoms. The number of fused-ring (bicyclic) bond motifs is 2. The van der Waals surface area contributed by atoms with E-state index in [1.54, 1.807) is 19.2 Å². The van der Waals surface area contributed by atoms with Crippen LogP contribution in [-0.4, -0.2) is 7.11 Å². The third-order valence-electron chi connectivity index (χ3n) is 4.67. The van der Waals surface area contributed by atoms with Crippen LogP contribution in [0.2, 0.25) is 0 Å². The van der Waals surface area contributed by atoms with Gasteiger partial charge in [-0.2, -0.15) is 0 Å². The molecule has 1 aromatic carbocycles. The lowest BCUT2D eigenvalue weighted by molar-refractivity contribution is 0.319. The smallest absolute Gasteiger partial charge is 0.131 e. The Hall–Kier alpha value is -0.760. The van der Waals surface area contributed by atoms with Crippen molar-refractivity contribution in [3.63, 3.8) is 0 Å². The third kappa shape index (κ3) is 2.01. The van der Waals surface area contributed by atoms with Crippen molar-refractivity contribution in [2.45, 2.75) is 31.1 Å². The van der Waals surface area contributed by atoms with Gasteiger partial charge in [0.25, 0.3) is 0 Å². The maximum Gasteiger partial charge on any atom is 0.131 e. The third-order valence-corrected chi connectivity index (χ3v) is 5.23. The number of ether oxygens (including phenoxy) is 1. The SMILES string of the molecule is COc1ccc(C(Cl)C2CC3CCC2C3)c(F)c1. The highest BCUT2D eigenvalue weighted by Gasteiger charge is 2.43. The largest absolute Gasteiger partial charge is 0.497 e. The Morgan fingerprint density at radius 1 is 1.33 bits per heavy atom. The van der Waals surface area contributed by atoms with E-state index in [4.69, 9.17) is 16.3 Å². The van der Waals surface area contributed by atoms with Crippen LogP contribution in [0.1, 0.15) is 36.6 Å². The minimum atomic E-state index is -0.239. The molecule has 0 heterocycles. The highest BCUT2D eigenvalue weighted by atomic mass is 35.5. The van der Waals surface area contributed by atoms with Gasteiger partial charge in [-0.3, -0.25) is 0 Å². The minimum absolute atomic E-state index is 0.189. The molecule has 1 aromatic rings. The first kappa shape index (κ1) is 12.3. The van der Waals surface area contributed by atoms with Crippen LogP contribution >= 0.6 is 11.6 Å². The summed E-state index contributed by atoms with van der Waals surface area (Å²) in [4.78, 5) is 0. The molecule has 4 atom stereocenters. The lowest BCUT2D eigenvalue weighted by Gasteiger charge is -2.26. The molecule has 4 unspecified atom stereocenters. The van der Waals surface area contributed by atoms with Gasteiger partial charge >= 0.3 is 0 Å². The van der Waals surface area contributed by atoms with Gasteiger partial charge in [0.2, 0.25) is 0 Å². The molecular weight excluding hydrogens is 251 g/mol. The van der Waals surface area contributed by atoms with Crippen molar-refractivity contribution in [2.75, 3.05) is 7.11 Å². The van der Waals surface area contributed by atoms with Crippen LogP contribution in [0.5, 0.6) is 5.75 Å². The Bertz CT molecular complexity index is 448. The van der Waals surface area contributed by atoms with Crippen LogP contribution in [0.4, 0.5) is 4.39 Å². The highest BCUT2D eigenvalue weighted by Crippen LogP contribution is 2.54. The summed E-state index contributed by atoms with van der Waals surface area (Å²) in [5, 5.41) is -0.189. The zero-order valence-corrected chi connectivity index (χ0v) is 11.3. The van der Waals surface area contributed by atoms with Gasteiger partial charge in [-0.25, -0.2) is 4.39 Å². The van der Waals surface area contributed by atoms with Gasteiger partial charge in [-0.05, 0) is 43.1 Å². The second-order valence-corrected chi connectivity index (χ2v) is 6.10. The second-order valence-electron chi connectivity index (χ2n) is 5.63. The number of alkyl halides is 1. The fraction of sp³-hybridized carbons (Fsp3) is 0.600. The van der Waals surface area contributed by atoms with E-state index < -0.39 is 0 Å². The van der Waals surface area contributed by atoms with Crippen LogP contribution in [0.3, 0.4) is 0 Å². The number of rotatable bonds is 3. The van der Waals surface area contributed by atoms with Crippen molar-refractivity contribution in [3.05, 3.63) is 29.6 Å².